The molecule has 0 bridgehead atoms. The van der Waals surface area contributed by atoms with Gasteiger partial charge in [0.2, 0.25) is 0 Å². The first-order valence-corrected chi connectivity index (χ1v) is 18.7. The third-order valence-corrected chi connectivity index (χ3v) is 12.8. The van der Waals surface area contributed by atoms with Gasteiger partial charge in [-0.3, -0.25) is 24.0 Å². The first-order valence-electron chi connectivity index (χ1n) is 18.7. The number of ketones is 1. The van der Waals surface area contributed by atoms with Crippen LogP contribution in [-0.4, -0.2) is 109 Å². The van der Waals surface area contributed by atoms with E-state index in [1.165, 1.54) is 6.92 Å². The highest BCUT2D eigenvalue weighted by atomic mass is 16.7. The Morgan fingerprint density at radius 3 is 2.09 bits per heavy atom. The van der Waals surface area contributed by atoms with Crippen molar-refractivity contribution in [3.05, 3.63) is 0 Å². The summed E-state index contributed by atoms with van der Waals surface area (Å²) in [6, 6.07) is -1.05. The second kappa shape index (κ2) is 16.1. The zero-order chi connectivity index (χ0) is 40.6. The number of esters is 5. The van der Waals surface area contributed by atoms with E-state index in [4.69, 9.17) is 38.9 Å². The van der Waals surface area contributed by atoms with E-state index < -0.39 is 78.2 Å². The number of nitrogens with zero attached hydrogens (tertiary/aromatic N) is 1. The van der Waals surface area contributed by atoms with Crippen LogP contribution in [0.4, 0.5) is 4.79 Å². The van der Waals surface area contributed by atoms with Crippen molar-refractivity contribution in [1.29, 1.82) is 0 Å². The lowest BCUT2D eigenvalue weighted by molar-refractivity contribution is -0.298. The van der Waals surface area contributed by atoms with E-state index in [1.54, 1.807) is 0 Å². The van der Waals surface area contributed by atoms with Crippen molar-refractivity contribution in [1.82, 2.24) is 5.43 Å². The number of carbonyl (C=O) groups excluding carboxylic acids is 7. The zero-order valence-corrected chi connectivity index (χ0v) is 32.3. The van der Waals surface area contributed by atoms with E-state index in [0.717, 1.165) is 47.1 Å². The number of fused-ring (bicyclic) bond motifs is 5. The van der Waals surface area contributed by atoms with Crippen molar-refractivity contribution in [3.63, 3.8) is 0 Å². The average Bonchev–Trinajstić information content (AvgIpc) is 3.35. The van der Waals surface area contributed by atoms with Crippen LogP contribution >= 0.6 is 0 Å². The Morgan fingerprint density at radius 2 is 1.49 bits per heavy atom. The molecule has 13 atom stereocenters. The maximum atomic E-state index is 14.4. The van der Waals surface area contributed by atoms with Gasteiger partial charge in [0.25, 0.3) is 0 Å². The van der Waals surface area contributed by atoms with Crippen molar-refractivity contribution < 1.29 is 71.8 Å². The van der Waals surface area contributed by atoms with Gasteiger partial charge >= 0.3 is 35.9 Å². The van der Waals surface area contributed by atoms with E-state index >= 15 is 0 Å². The highest BCUT2D eigenvalue weighted by molar-refractivity contribution is 5.97. The molecule has 0 aromatic heterocycles. The summed E-state index contributed by atoms with van der Waals surface area (Å²) < 4.78 is 38.6. The minimum absolute atomic E-state index is 0.000381. The van der Waals surface area contributed by atoms with Crippen molar-refractivity contribution in [2.24, 2.45) is 45.3 Å². The van der Waals surface area contributed by atoms with Gasteiger partial charge in [0.05, 0.1) is 19.4 Å². The fourth-order valence-corrected chi connectivity index (χ4v) is 10.6. The van der Waals surface area contributed by atoms with Gasteiger partial charge in [0.1, 0.15) is 17.5 Å². The van der Waals surface area contributed by atoms with Crippen LogP contribution in [-0.2, 0) is 61.9 Å². The molecule has 0 spiro atoms. The molecule has 4 saturated carbocycles. The molecule has 18 heteroatoms. The topological polar surface area (TPSA) is 255 Å². The molecule has 2 amide bonds. The lowest BCUT2D eigenvalue weighted by Gasteiger charge is -2.60. The molecule has 0 aromatic rings. The molecule has 5 aliphatic rings. The van der Waals surface area contributed by atoms with Crippen LogP contribution in [0.25, 0.3) is 0 Å². The van der Waals surface area contributed by atoms with Crippen LogP contribution < -0.4 is 11.2 Å². The van der Waals surface area contributed by atoms with Gasteiger partial charge in [0.15, 0.2) is 30.7 Å². The van der Waals surface area contributed by atoms with Crippen molar-refractivity contribution in [2.45, 2.75) is 135 Å². The van der Waals surface area contributed by atoms with Gasteiger partial charge in [-0.1, -0.05) is 13.8 Å². The molecule has 0 radical (unpaired) electrons. The van der Waals surface area contributed by atoms with Gasteiger partial charge < -0.3 is 44.0 Å². The van der Waals surface area contributed by atoms with Crippen LogP contribution in [0.5, 0.6) is 0 Å². The fourth-order valence-electron chi connectivity index (χ4n) is 10.6. The number of carbonyl (C=O) groups is 7. The van der Waals surface area contributed by atoms with Gasteiger partial charge in [0, 0.05) is 45.4 Å². The Kier molecular flexibility index (Phi) is 12.3. The van der Waals surface area contributed by atoms with Crippen LogP contribution in [0.3, 0.4) is 0 Å². The number of Topliss-reactive ketones (excluding diaryl/α,β-unsaturated/α-hetero) is 1. The van der Waals surface area contributed by atoms with Crippen LogP contribution in [0, 0.1) is 34.5 Å². The van der Waals surface area contributed by atoms with Crippen LogP contribution in [0.2, 0.25) is 0 Å². The van der Waals surface area contributed by atoms with E-state index in [2.05, 4.69) is 17.5 Å². The first-order chi connectivity index (χ1) is 25.7. The number of nitrogens with one attached hydrogen (secondary N) is 1. The molecular weight excluding hydrogens is 726 g/mol. The Balaban J connectivity index is 1.45. The number of primary amides is 1. The number of methoxy groups -OCH3 is 1. The summed E-state index contributed by atoms with van der Waals surface area (Å²) in [6.07, 6.45) is -4.20. The van der Waals surface area contributed by atoms with Gasteiger partial charge in [-0.25, -0.2) is 15.0 Å². The van der Waals surface area contributed by atoms with Gasteiger partial charge in [-0.15, -0.1) is 0 Å². The number of ether oxygens (including phenoxy) is 7. The normalized spacial score (nSPS) is 39.6. The third-order valence-electron chi connectivity index (χ3n) is 12.8. The van der Waals surface area contributed by atoms with Crippen molar-refractivity contribution >= 4 is 47.4 Å². The first kappa shape index (κ1) is 42.0. The lowest BCUT2D eigenvalue weighted by Crippen LogP contribution is -2.64. The molecule has 0 aromatic carbocycles. The second-order valence-corrected chi connectivity index (χ2v) is 16.0. The molecular formula is C37H53N3O15. The van der Waals surface area contributed by atoms with Crippen LogP contribution in [0.1, 0.15) is 92.9 Å². The highest BCUT2D eigenvalue weighted by Crippen LogP contribution is 2.67. The molecule has 18 nitrogen and oxygen atoms in total. The number of rotatable bonds is 10. The van der Waals surface area contributed by atoms with E-state index in [0.29, 0.717) is 19.3 Å². The van der Waals surface area contributed by atoms with Crippen molar-refractivity contribution in [3.8, 4) is 0 Å². The molecule has 4 aliphatic carbocycles. The molecule has 0 unspecified atom stereocenters. The number of urea groups is 1. The zero-order valence-electron chi connectivity index (χ0n) is 32.3. The predicted octanol–water partition coefficient (Wildman–Crippen LogP) is 1.60. The standard InChI is InChI=1S/C37H53N3O15/c1-17(41)51-22-10-12-35(5)21(14-22)8-9-23-24-11-13-37(48,36(24,6)15-25(45)27(23)35)26(39-40-34(38)47)16-50-33-31(54-20(4)44)29(53-19(3)43)28(52-18(2)42)30(55-33)32(46)49-7/h21-24,27-31,33,48H,8-16H2,1-7H3,(H3,38,40,47)/b39-26+/t21-,22-,23+,24-,27-,28-,29-,30-,31+,33+,35+,36+,37+/m1/s1. The molecule has 1 heterocycles. The summed E-state index contributed by atoms with van der Waals surface area (Å²) in [5.74, 6) is -4.23. The maximum absolute atomic E-state index is 14.4. The number of hydrazone groups is 1. The number of hydrogen-bond donors (Lipinski definition) is 3. The minimum atomic E-state index is -1.84. The highest BCUT2D eigenvalue weighted by Gasteiger charge is 2.69. The second-order valence-electron chi connectivity index (χ2n) is 16.0. The largest absolute Gasteiger partial charge is 0.467 e. The Morgan fingerprint density at radius 1 is 0.873 bits per heavy atom. The predicted molar refractivity (Wildman–Crippen MR) is 186 cm³/mol. The van der Waals surface area contributed by atoms with E-state index in [-0.39, 0.29) is 65.5 Å². The molecule has 1 aliphatic heterocycles. The lowest BCUT2D eigenvalue weighted by atomic mass is 9.44. The summed E-state index contributed by atoms with van der Waals surface area (Å²) in [5.41, 5.74) is 4.19. The maximum Gasteiger partial charge on any atom is 0.339 e. The molecule has 4 N–H and O–H groups in total. The molecule has 306 valence electrons. The van der Waals surface area contributed by atoms with E-state index in [9.17, 15) is 38.7 Å². The van der Waals surface area contributed by atoms with Gasteiger partial charge in [-0.05, 0) is 68.1 Å². The summed E-state index contributed by atoms with van der Waals surface area (Å²) in [4.78, 5) is 87.7. The fraction of sp³-hybridized carbons (Fsp3) is 0.784. The smallest absolute Gasteiger partial charge is 0.339 e. The quantitative estimate of drug-likeness (QED) is 0.123. The molecule has 5 fully saturated rings. The molecule has 5 rings (SSSR count). The summed E-state index contributed by atoms with van der Waals surface area (Å²) in [5, 5.41) is 16.9. The number of nitrogens with two attached hydrogens (primary N) is 1. The minimum Gasteiger partial charge on any atom is -0.467 e. The van der Waals surface area contributed by atoms with E-state index in [1.807, 2.05) is 6.92 Å². The van der Waals surface area contributed by atoms with Crippen molar-refractivity contribution in [2.75, 3.05) is 13.7 Å². The van der Waals surface area contributed by atoms with Gasteiger partial charge in [-0.2, -0.15) is 5.10 Å². The monoisotopic (exact) mass is 779 g/mol. The third kappa shape index (κ3) is 8.08. The number of aliphatic hydroxyl groups is 1. The van der Waals surface area contributed by atoms with Crippen LogP contribution in [0.15, 0.2) is 5.10 Å². The summed E-state index contributed by atoms with van der Waals surface area (Å²) in [7, 11) is 1.05. The molecule has 55 heavy (non-hydrogen) atoms. The Bertz CT molecular complexity index is 1600. The number of hydrogen-bond acceptors (Lipinski definition) is 16. The Labute approximate surface area is 318 Å². The summed E-state index contributed by atoms with van der Waals surface area (Å²) in [6.45, 7) is 7.94. The molecule has 1 saturated heterocycles. The SMILES string of the molecule is COC(=O)[C@@H]1O[C@H](OC/C(=N\NC(N)=O)[C@@]2(O)CC[C@@H]3[C@@H]4CC[C@@H]5C[C@H](OC(C)=O)CC[C@]5(C)[C@H]4C(=O)C[C@@]32C)[C@@H](OC(C)=O)[C@H](OC(C)=O)[C@H]1OC(C)=O. The Hall–Kier alpha value is -4.16. The number of amides is 2. The summed E-state index contributed by atoms with van der Waals surface area (Å²) >= 11 is 0. The average molecular weight is 780 g/mol.